The summed E-state index contributed by atoms with van der Waals surface area (Å²) >= 11 is 0. The maximum atomic E-state index is 13.0. The van der Waals surface area contributed by atoms with E-state index in [2.05, 4.69) is 16.9 Å². The first-order chi connectivity index (χ1) is 15.6. The Morgan fingerprint density at radius 2 is 2.16 bits per heavy atom. The van der Waals surface area contributed by atoms with Crippen molar-refractivity contribution in [3.05, 3.63) is 58.9 Å². The molecule has 1 aliphatic carbocycles. The van der Waals surface area contributed by atoms with Crippen LogP contribution in [0.4, 0.5) is 0 Å². The van der Waals surface area contributed by atoms with Gasteiger partial charge in [-0.3, -0.25) is 14.6 Å². The summed E-state index contributed by atoms with van der Waals surface area (Å²) in [6, 6.07) is 1.86. The van der Waals surface area contributed by atoms with Gasteiger partial charge in [-0.05, 0) is 43.1 Å². The summed E-state index contributed by atoms with van der Waals surface area (Å²) < 4.78 is 5.71. The second-order valence-corrected chi connectivity index (χ2v) is 9.15. The highest BCUT2D eigenvalue weighted by Gasteiger charge is 2.54. The van der Waals surface area contributed by atoms with Crippen molar-refractivity contribution >= 4 is 29.7 Å². The highest BCUT2D eigenvalue weighted by atomic mass is 16.3. The fourth-order valence-electron chi connectivity index (χ4n) is 5.27. The van der Waals surface area contributed by atoms with Crippen LogP contribution in [0.5, 0.6) is 0 Å². The summed E-state index contributed by atoms with van der Waals surface area (Å²) in [5.41, 5.74) is 2.51. The van der Waals surface area contributed by atoms with Gasteiger partial charge in [0.05, 0.1) is 6.54 Å². The van der Waals surface area contributed by atoms with Crippen molar-refractivity contribution in [3.8, 4) is 0 Å². The van der Waals surface area contributed by atoms with E-state index in [0.717, 1.165) is 61.5 Å². The Bertz CT molecular complexity index is 1130. The van der Waals surface area contributed by atoms with Gasteiger partial charge in [0.15, 0.2) is 11.5 Å². The number of aliphatic imine (C=N–C) groups is 1. The van der Waals surface area contributed by atoms with Crippen LogP contribution in [-0.2, 0) is 4.79 Å². The lowest BCUT2D eigenvalue weighted by Gasteiger charge is -2.33. The molecule has 166 valence electrons. The number of ketones is 1. The minimum absolute atomic E-state index is 0.0366. The molecule has 1 aromatic heterocycles. The van der Waals surface area contributed by atoms with Crippen molar-refractivity contribution in [1.82, 2.24) is 10.2 Å². The second kappa shape index (κ2) is 8.41. The summed E-state index contributed by atoms with van der Waals surface area (Å²) in [4.78, 5) is 32.0. The van der Waals surface area contributed by atoms with E-state index >= 15 is 0 Å². The van der Waals surface area contributed by atoms with Gasteiger partial charge in [-0.1, -0.05) is 37.0 Å². The molecule has 6 heteroatoms. The van der Waals surface area contributed by atoms with Crippen molar-refractivity contribution in [2.75, 3.05) is 26.2 Å². The summed E-state index contributed by atoms with van der Waals surface area (Å²) in [6.07, 6.45) is 15.9. The summed E-state index contributed by atoms with van der Waals surface area (Å²) in [5.74, 6) is 1.16. The molecule has 0 bridgehead atoms. The number of amides is 1. The van der Waals surface area contributed by atoms with Crippen molar-refractivity contribution in [1.29, 1.82) is 0 Å². The topological polar surface area (TPSA) is 74.9 Å². The van der Waals surface area contributed by atoms with E-state index in [9.17, 15) is 9.59 Å². The fraction of sp³-hybridized carbons (Fsp3) is 0.423. The van der Waals surface area contributed by atoms with Crippen LogP contribution < -0.4 is 16.0 Å². The zero-order valence-electron chi connectivity index (χ0n) is 18.3. The smallest absolute Gasteiger partial charge is 0.272 e. The van der Waals surface area contributed by atoms with Gasteiger partial charge in [0.1, 0.15) is 11.1 Å². The molecule has 32 heavy (non-hydrogen) atoms. The quantitative estimate of drug-likeness (QED) is 0.530. The first-order valence-electron chi connectivity index (χ1n) is 11.5. The normalized spacial score (nSPS) is 23.0. The predicted molar refractivity (Wildman–Crippen MR) is 125 cm³/mol. The first kappa shape index (κ1) is 20.7. The van der Waals surface area contributed by atoms with Crippen LogP contribution in [0.3, 0.4) is 0 Å². The average molecular weight is 432 g/mol. The molecule has 6 nitrogen and oxygen atoms in total. The van der Waals surface area contributed by atoms with E-state index in [-0.39, 0.29) is 11.7 Å². The molecule has 1 N–H and O–H groups in total. The van der Waals surface area contributed by atoms with E-state index < -0.39 is 0 Å². The number of carbonyl (C=O) groups excluding carboxylic acids is 2. The number of carbonyl (C=O) groups is 2. The highest BCUT2D eigenvalue weighted by Crippen LogP contribution is 2.61. The third-order valence-corrected chi connectivity index (χ3v) is 7.31. The Balaban J connectivity index is 1.12. The van der Waals surface area contributed by atoms with Crippen LogP contribution in [0, 0.1) is 11.3 Å². The Morgan fingerprint density at radius 1 is 1.31 bits per heavy atom. The number of Topliss-reactive ketones (excluding diaryl/α,β-unsaturated/α-hetero) is 1. The molecular weight excluding hydrogens is 402 g/mol. The number of piperidine rings is 1. The number of fused-ring (bicyclic) bond motifs is 1. The van der Waals surface area contributed by atoms with Crippen LogP contribution >= 0.6 is 0 Å². The summed E-state index contributed by atoms with van der Waals surface area (Å²) in [7, 11) is 0. The first-order valence-corrected chi connectivity index (χ1v) is 11.5. The van der Waals surface area contributed by atoms with Crippen molar-refractivity contribution in [2.45, 2.75) is 32.1 Å². The number of likely N-dealkylation sites (tertiary alicyclic amines) is 1. The van der Waals surface area contributed by atoms with Crippen LogP contribution in [0.25, 0.3) is 12.3 Å². The monoisotopic (exact) mass is 431 g/mol. The third kappa shape index (κ3) is 3.90. The molecule has 1 unspecified atom stereocenters. The molecule has 1 saturated heterocycles. The van der Waals surface area contributed by atoms with Gasteiger partial charge >= 0.3 is 0 Å². The molecule has 1 spiro atoms. The lowest BCUT2D eigenvalue weighted by molar-refractivity contribution is -0.125. The number of nitrogens with one attached hydrogen (secondary N) is 1. The number of allylic oxidation sites excluding steroid dienone is 3. The standard InChI is InChI=1S/C26H29N3O3/c1-2-3-4-18-8-12-28-24(18)25(31)29-13-9-26(10-14-29)16-20(26)5-6-21(30)22-15-19-7-11-27-17-23(19)32-22/h2-4,7-8,15,17,20,27H,1,5-6,9-14,16H2/b4-3-. The van der Waals surface area contributed by atoms with E-state index in [1.165, 1.54) is 0 Å². The molecule has 0 aromatic carbocycles. The van der Waals surface area contributed by atoms with Crippen LogP contribution in [0.2, 0.25) is 0 Å². The van der Waals surface area contributed by atoms with Crippen LogP contribution in [-0.4, -0.2) is 48.5 Å². The molecular formula is C26H29N3O3. The van der Waals surface area contributed by atoms with Gasteiger partial charge < -0.3 is 14.6 Å². The summed E-state index contributed by atoms with van der Waals surface area (Å²) in [6.45, 7) is 6.56. The largest absolute Gasteiger partial charge is 0.451 e. The molecule has 4 aliphatic rings. The maximum Gasteiger partial charge on any atom is 0.272 e. The zero-order chi connectivity index (χ0) is 22.1. The Labute approximate surface area is 187 Å². The lowest BCUT2D eigenvalue weighted by Crippen LogP contribution is -2.43. The van der Waals surface area contributed by atoms with Gasteiger partial charge in [-0.15, -0.1) is 0 Å². The van der Waals surface area contributed by atoms with Crippen molar-refractivity contribution < 1.29 is 14.0 Å². The molecule has 1 amide bonds. The molecule has 1 atom stereocenters. The van der Waals surface area contributed by atoms with Gasteiger partial charge in [0.2, 0.25) is 0 Å². The Morgan fingerprint density at radius 3 is 2.94 bits per heavy atom. The van der Waals surface area contributed by atoms with Gasteiger partial charge in [-0.25, -0.2) is 0 Å². The predicted octanol–water partition coefficient (Wildman–Crippen LogP) is 2.12. The van der Waals surface area contributed by atoms with Crippen LogP contribution in [0.1, 0.15) is 42.7 Å². The highest BCUT2D eigenvalue weighted by molar-refractivity contribution is 6.46. The number of hydrogen-bond donors (Lipinski definition) is 1. The minimum atomic E-state index is 0.0366. The Kier molecular flexibility index (Phi) is 5.45. The SMILES string of the molecule is C=C/C=C\C1=CCN=C1C(=O)N1CCC2(CC1)CC2CCC(=O)c1cc2c(o1)=CNCC=2. The van der Waals surface area contributed by atoms with E-state index in [0.29, 0.717) is 35.8 Å². The average Bonchev–Trinajstić information content (AvgIpc) is 3.16. The van der Waals surface area contributed by atoms with E-state index in [1.54, 1.807) is 6.08 Å². The number of nitrogens with zero attached hydrogens (tertiary/aromatic N) is 2. The van der Waals surface area contributed by atoms with E-state index in [4.69, 9.17) is 4.42 Å². The molecule has 1 saturated carbocycles. The molecule has 3 aliphatic heterocycles. The molecule has 4 heterocycles. The van der Waals surface area contributed by atoms with Crippen molar-refractivity contribution in [3.63, 3.8) is 0 Å². The van der Waals surface area contributed by atoms with Crippen molar-refractivity contribution in [2.24, 2.45) is 16.3 Å². The van der Waals surface area contributed by atoms with Crippen LogP contribution in [0.15, 0.2) is 51.9 Å². The third-order valence-electron chi connectivity index (χ3n) is 7.31. The minimum Gasteiger partial charge on any atom is -0.451 e. The van der Waals surface area contributed by atoms with Gasteiger partial charge in [-0.2, -0.15) is 0 Å². The van der Waals surface area contributed by atoms with Gasteiger partial charge in [0, 0.05) is 43.0 Å². The summed E-state index contributed by atoms with van der Waals surface area (Å²) in [5, 5.41) is 4.10. The fourth-order valence-corrected chi connectivity index (χ4v) is 5.27. The molecule has 0 radical (unpaired) electrons. The molecule has 1 aromatic rings. The lowest BCUT2D eigenvalue weighted by atomic mass is 9.89. The number of furan rings is 1. The molecule has 5 rings (SSSR count). The van der Waals surface area contributed by atoms with E-state index in [1.807, 2.05) is 41.5 Å². The number of hydrogen-bond acceptors (Lipinski definition) is 5. The molecule has 2 fully saturated rings. The second-order valence-electron chi connectivity index (χ2n) is 9.15. The maximum absolute atomic E-state index is 13.0. The number of rotatable bonds is 7. The zero-order valence-corrected chi connectivity index (χ0v) is 18.3. The Hall–Kier alpha value is -3.15. The van der Waals surface area contributed by atoms with Gasteiger partial charge in [0.25, 0.3) is 5.91 Å².